The number of aromatic nitrogens is 5. The average molecular weight is 579 g/mol. The maximum Gasteiger partial charge on any atom is 0.262 e. The number of fused-ring (bicyclic) bond motifs is 1. The van der Waals surface area contributed by atoms with E-state index in [1.165, 1.54) is 6.20 Å². The Morgan fingerprint density at radius 1 is 1.05 bits per heavy atom. The second-order valence-electron chi connectivity index (χ2n) is 9.45. The molecule has 4 heterocycles. The van der Waals surface area contributed by atoms with Gasteiger partial charge in [0.1, 0.15) is 11.4 Å². The minimum Gasteiger partial charge on any atom is -0.306 e. The fraction of sp³-hybridized carbons (Fsp3) is 0.214. The van der Waals surface area contributed by atoms with Crippen LogP contribution in [0.1, 0.15) is 40.4 Å². The number of carbonyl (C=O) groups excluding carboxylic acids is 1. The Bertz CT molecular complexity index is 1620. The Morgan fingerprint density at radius 3 is 2.54 bits per heavy atom. The predicted octanol–water partition coefficient (Wildman–Crippen LogP) is 6.67. The van der Waals surface area contributed by atoms with Gasteiger partial charge in [0.15, 0.2) is 5.65 Å². The molecule has 11 heteroatoms. The predicted molar refractivity (Wildman–Crippen MR) is 155 cm³/mol. The minimum absolute atomic E-state index is 0.254. The number of hydrogen-bond donors (Lipinski definition) is 1. The molecule has 1 aliphatic rings. The van der Waals surface area contributed by atoms with Crippen molar-refractivity contribution in [2.75, 3.05) is 18.4 Å². The third kappa shape index (κ3) is 5.40. The fourth-order valence-electron chi connectivity index (χ4n) is 4.68. The first-order valence-corrected chi connectivity index (χ1v) is 14.1. The molecule has 198 valence electrons. The van der Waals surface area contributed by atoms with Gasteiger partial charge in [0.2, 0.25) is 0 Å². The normalized spacial score (nSPS) is 14.6. The standard InChI is InChI=1S/C28H25Cl2N7OS/c1-18-6-8-20(9-7-18)37-25(33-28(38)21-17-32-36-13-3-12-31-27(21)36)16-24(34-37)19-10-14-35(15-11-19)39-26-22(29)4-2-5-23(26)30/h2-9,12-13,16-17,19H,10-11,14-15H2,1H3,(H,33,38). The van der Waals surface area contributed by atoms with Crippen LogP contribution in [0.4, 0.5) is 5.82 Å². The number of amides is 1. The van der Waals surface area contributed by atoms with Crippen LogP contribution in [0.3, 0.4) is 0 Å². The summed E-state index contributed by atoms with van der Waals surface area (Å²) in [5.41, 5.74) is 3.88. The molecule has 0 radical (unpaired) electrons. The Kier molecular flexibility index (Phi) is 7.31. The lowest BCUT2D eigenvalue weighted by atomic mass is 9.95. The second kappa shape index (κ2) is 11.0. The lowest BCUT2D eigenvalue weighted by Gasteiger charge is -2.30. The molecule has 39 heavy (non-hydrogen) atoms. The molecule has 0 atom stereocenters. The minimum atomic E-state index is -0.286. The molecule has 0 saturated carbocycles. The molecule has 1 N–H and O–H groups in total. The SMILES string of the molecule is Cc1ccc(-n2nc(C3CCN(Sc4c(Cl)cccc4Cl)CC3)cc2NC(=O)c2cnn3cccnc23)cc1. The summed E-state index contributed by atoms with van der Waals surface area (Å²) in [6.07, 6.45) is 6.78. The van der Waals surface area contributed by atoms with Gasteiger partial charge in [-0.25, -0.2) is 18.5 Å². The molecule has 1 saturated heterocycles. The fourth-order valence-corrected chi connectivity index (χ4v) is 6.25. The van der Waals surface area contributed by atoms with E-state index in [0.717, 1.165) is 47.8 Å². The van der Waals surface area contributed by atoms with E-state index in [0.29, 0.717) is 27.1 Å². The molecule has 5 aromatic rings. The topological polar surface area (TPSA) is 80.4 Å². The molecule has 0 aliphatic carbocycles. The highest BCUT2D eigenvalue weighted by Crippen LogP contribution is 2.39. The summed E-state index contributed by atoms with van der Waals surface area (Å²) in [7, 11) is 0. The highest BCUT2D eigenvalue weighted by molar-refractivity contribution is 7.97. The number of halogens is 2. The molecule has 1 aliphatic heterocycles. The maximum absolute atomic E-state index is 13.3. The summed E-state index contributed by atoms with van der Waals surface area (Å²) in [4.78, 5) is 18.5. The van der Waals surface area contributed by atoms with Crippen LogP contribution in [0.25, 0.3) is 11.3 Å². The van der Waals surface area contributed by atoms with E-state index in [-0.39, 0.29) is 11.8 Å². The van der Waals surface area contributed by atoms with Crippen LogP contribution in [0.5, 0.6) is 0 Å². The lowest BCUT2D eigenvalue weighted by Crippen LogP contribution is -2.27. The van der Waals surface area contributed by atoms with Gasteiger partial charge in [-0.3, -0.25) is 4.79 Å². The Labute approximate surface area is 240 Å². The Balaban J connectivity index is 1.23. The first-order chi connectivity index (χ1) is 19.0. The number of piperidine rings is 1. The zero-order valence-corrected chi connectivity index (χ0v) is 23.4. The molecule has 6 rings (SSSR count). The monoisotopic (exact) mass is 577 g/mol. The summed E-state index contributed by atoms with van der Waals surface area (Å²) >= 11 is 14.4. The zero-order chi connectivity index (χ0) is 26.9. The highest BCUT2D eigenvalue weighted by Gasteiger charge is 2.26. The van der Waals surface area contributed by atoms with E-state index < -0.39 is 0 Å². The highest BCUT2D eigenvalue weighted by atomic mass is 35.5. The second-order valence-corrected chi connectivity index (χ2v) is 11.4. The van der Waals surface area contributed by atoms with Crippen LogP contribution < -0.4 is 5.32 Å². The van der Waals surface area contributed by atoms with Gasteiger partial charge in [-0.15, -0.1) is 0 Å². The van der Waals surface area contributed by atoms with Gasteiger partial charge in [-0.2, -0.15) is 10.2 Å². The van der Waals surface area contributed by atoms with Crippen molar-refractivity contribution in [1.29, 1.82) is 0 Å². The van der Waals surface area contributed by atoms with E-state index in [9.17, 15) is 4.79 Å². The van der Waals surface area contributed by atoms with Gasteiger partial charge < -0.3 is 5.32 Å². The summed E-state index contributed by atoms with van der Waals surface area (Å²) in [6, 6.07) is 17.4. The molecule has 2 aromatic carbocycles. The average Bonchev–Trinajstić information content (AvgIpc) is 3.56. The zero-order valence-electron chi connectivity index (χ0n) is 21.1. The molecule has 1 fully saturated rings. The van der Waals surface area contributed by atoms with Crippen LogP contribution in [0.2, 0.25) is 10.0 Å². The number of nitrogens with one attached hydrogen (secondary N) is 1. The van der Waals surface area contributed by atoms with Gasteiger partial charge in [0.25, 0.3) is 5.91 Å². The number of hydrogen-bond acceptors (Lipinski definition) is 6. The summed E-state index contributed by atoms with van der Waals surface area (Å²) in [5, 5.41) is 13.6. The Hall–Kier alpha value is -3.37. The molecule has 0 bridgehead atoms. The van der Waals surface area contributed by atoms with Crippen LogP contribution in [0.15, 0.2) is 78.1 Å². The van der Waals surface area contributed by atoms with Gasteiger partial charge in [-0.1, -0.05) is 47.0 Å². The number of carbonyl (C=O) groups is 1. The van der Waals surface area contributed by atoms with Crippen molar-refractivity contribution in [3.05, 3.63) is 100 Å². The molecule has 0 spiro atoms. The summed E-state index contributed by atoms with van der Waals surface area (Å²) < 4.78 is 5.68. The van der Waals surface area contributed by atoms with E-state index in [1.807, 2.05) is 55.5 Å². The van der Waals surface area contributed by atoms with E-state index >= 15 is 0 Å². The van der Waals surface area contributed by atoms with Crippen molar-refractivity contribution < 1.29 is 4.79 Å². The lowest BCUT2D eigenvalue weighted by molar-refractivity contribution is 0.102. The largest absolute Gasteiger partial charge is 0.306 e. The molecular formula is C28H25Cl2N7OS. The summed E-state index contributed by atoms with van der Waals surface area (Å²) in [6.45, 7) is 3.77. The number of nitrogens with zero attached hydrogens (tertiary/aromatic N) is 6. The van der Waals surface area contributed by atoms with Crippen molar-refractivity contribution in [2.24, 2.45) is 0 Å². The number of aryl methyl sites for hydroxylation is 1. The van der Waals surface area contributed by atoms with Crippen LogP contribution in [0, 0.1) is 6.92 Å². The third-order valence-corrected chi connectivity index (χ3v) is 8.88. The van der Waals surface area contributed by atoms with Crippen molar-refractivity contribution in [3.8, 4) is 5.69 Å². The van der Waals surface area contributed by atoms with Crippen LogP contribution in [-0.2, 0) is 0 Å². The maximum atomic E-state index is 13.3. The molecular weight excluding hydrogens is 553 g/mol. The molecule has 8 nitrogen and oxygen atoms in total. The first kappa shape index (κ1) is 25.9. The van der Waals surface area contributed by atoms with E-state index in [2.05, 4.69) is 19.7 Å². The van der Waals surface area contributed by atoms with Crippen molar-refractivity contribution in [1.82, 2.24) is 28.7 Å². The number of anilines is 1. The first-order valence-electron chi connectivity index (χ1n) is 12.6. The molecule has 0 unspecified atom stereocenters. The van der Waals surface area contributed by atoms with Crippen molar-refractivity contribution in [3.63, 3.8) is 0 Å². The van der Waals surface area contributed by atoms with Crippen LogP contribution in [-0.4, -0.2) is 47.7 Å². The van der Waals surface area contributed by atoms with Gasteiger partial charge in [0, 0.05) is 37.5 Å². The van der Waals surface area contributed by atoms with Crippen LogP contribution >= 0.6 is 35.1 Å². The number of rotatable bonds is 6. The molecule has 1 amide bonds. The van der Waals surface area contributed by atoms with Crippen molar-refractivity contribution in [2.45, 2.75) is 30.6 Å². The third-order valence-electron chi connectivity index (χ3n) is 6.78. The smallest absolute Gasteiger partial charge is 0.262 e. The number of benzene rings is 2. The van der Waals surface area contributed by atoms with Gasteiger partial charge in [0.05, 0.1) is 32.5 Å². The van der Waals surface area contributed by atoms with Gasteiger partial charge in [-0.05, 0) is 62.0 Å². The quantitative estimate of drug-likeness (QED) is 0.227. The van der Waals surface area contributed by atoms with Gasteiger partial charge >= 0.3 is 0 Å². The summed E-state index contributed by atoms with van der Waals surface area (Å²) in [5.74, 6) is 0.574. The van der Waals surface area contributed by atoms with E-state index in [1.54, 1.807) is 39.6 Å². The van der Waals surface area contributed by atoms with Crippen molar-refractivity contribution >= 4 is 52.5 Å². The Morgan fingerprint density at radius 2 is 1.79 bits per heavy atom. The van der Waals surface area contributed by atoms with E-state index in [4.69, 9.17) is 28.3 Å². The molecule has 3 aromatic heterocycles.